The van der Waals surface area contributed by atoms with E-state index in [2.05, 4.69) is 49.5 Å². The molecule has 4 rings (SSSR count). The number of fused-ring (bicyclic) bond motifs is 1. The summed E-state index contributed by atoms with van der Waals surface area (Å²) in [7, 11) is -2.40. The van der Waals surface area contributed by atoms with Crippen molar-refractivity contribution in [2.75, 3.05) is 20.1 Å². The van der Waals surface area contributed by atoms with Gasteiger partial charge in [0.1, 0.15) is 0 Å². The number of aliphatic hydroxyl groups excluding tert-OH is 1. The second-order valence-corrected chi connectivity index (χ2v) is 12.9. The number of hydrogen-bond donors (Lipinski definition) is 3. The van der Waals surface area contributed by atoms with Crippen molar-refractivity contribution in [3.05, 3.63) is 108 Å². The minimum Gasteiger partial charge on any atom is -0.478 e. The standard InChI is InChI=1S/C33H36N2O5S/c1-33(2,21-25-14-16-26-9-4-5-10-27(26)19-25)34-22-30(36)23-35(3)41(39,40)31-13-7-12-29(20-31)28-11-6-8-24(18-28)15-17-32(37)38/h4-20,30,34,36H,21-23H2,1-3H3,(H,37,38)/b17-15+/t30-/m1/s1. The Hall–Kier alpha value is -3.82. The highest BCUT2D eigenvalue weighted by atomic mass is 32.2. The van der Waals surface area contributed by atoms with Gasteiger partial charge in [-0.2, -0.15) is 4.31 Å². The van der Waals surface area contributed by atoms with Gasteiger partial charge in [0, 0.05) is 31.8 Å². The van der Waals surface area contributed by atoms with Crippen molar-refractivity contribution < 1.29 is 23.4 Å². The molecule has 4 aromatic carbocycles. The number of hydrogen-bond acceptors (Lipinski definition) is 5. The van der Waals surface area contributed by atoms with E-state index in [1.807, 2.05) is 18.2 Å². The molecule has 0 unspecified atom stereocenters. The van der Waals surface area contributed by atoms with Crippen LogP contribution < -0.4 is 5.32 Å². The number of carboxylic acids is 1. The summed E-state index contributed by atoms with van der Waals surface area (Å²) in [6.07, 6.45) is 2.38. The first kappa shape index (κ1) is 30.1. The van der Waals surface area contributed by atoms with Gasteiger partial charge in [-0.1, -0.05) is 72.8 Å². The lowest BCUT2D eigenvalue weighted by molar-refractivity contribution is -0.131. The van der Waals surface area contributed by atoms with Gasteiger partial charge in [0.25, 0.3) is 0 Å². The Bertz CT molecular complexity index is 1660. The first-order valence-corrected chi connectivity index (χ1v) is 14.9. The first-order chi connectivity index (χ1) is 19.4. The Kier molecular flexibility index (Phi) is 9.40. The molecule has 214 valence electrons. The normalized spacial score (nSPS) is 13.2. The zero-order valence-corrected chi connectivity index (χ0v) is 24.3. The maximum absolute atomic E-state index is 13.4. The van der Waals surface area contributed by atoms with E-state index in [1.165, 1.54) is 39.8 Å². The average molecular weight is 573 g/mol. The Balaban J connectivity index is 1.38. The Morgan fingerprint density at radius 1 is 0.927 bits per heavy atom. The molecule has 0 saturated heterocycles. The molecule has 1 atom stereocenters. The largest absolute Gasteiger partial charge is 0.478 e. The third-order valence-corrected chi connectivity index (χ3v) is 8.74. The van der Waals surface area contributed by atoms with Crippen LogP contribution in [0.3, 0.4) is 0 Å². The van der Waals surface area contributed by atoms with Crippen LogP contribution in [0.2, 0.25) is 0 Å². The van der Waals surface area contributed by atoms with Crippen molar-refractivity contribution in [1.29, 1.82) is 0 Å². The highest BCUT2D eigenvalue weighted by molar-refractivity contribution is 7.89. The number of sulfonamides is 1. The summed E-state index contributed by atoms with van der Waals surface area (Å²) in [5.74, 6) is -1.04. The van der Waals surface area contributed by atoms with Crippen LogP contribution in [0.15, 0.2) is 102 Å². The second kappa shape index (κ2) is 12.8. The number of carbonyl (C=O) groups is 1. The van der Waals surface area contributed by atoms with Gasteiger partial charge in [0.2, 0.25) is 10.0 Å². The Morgan fingerprint density at radius 3 is 2.34 bits per heavy atom. The molecular weight excluding hydrogens is 536 g/mol. The van der Waals surface area contributed by atoms with Crippen molar-refractivity contribution >= 4 is 32.8 Å². The fourth-order valence-corrected chi connectivity index (χ4v) is 6.04. The molecule has 8 heteroatoms. The van der Waals surface area contributed by atoms with E-state index in [4.69, 9.17) is 5.11 Å². The molecule has 41 heavy (non-hydrogen) atoms. The summed E-state index contributed by atoms with van der Waals surface area (Å²) < 4.78 is 27.9. The van der Waals surface area contributed by atoms with Crippen molar-refractivity contribution in [3.8, 4) is 11.1 Å². The third-order valence-electron chi connectivity index (χ3n) is 6.92. The number of likely N-dealkylation sites (N-methyl/N-ethyl adjacent to an activating group) is 1. The van der Waals surface area contributed by atoms with Gasteiger partial charge in [-0.25, -0.2) is 13.2 Å². The maximum Gasteiger partial charge on any atom is 0.328 e. The summed E-state index contributed by atoms with van der Waals surface area (Å²) in [6.45, 7) is 4.29. The molecule has 0 spiro atoms. The SMILES string of the molecule is CN(C[C@H](O)CNC(C)(C)Cc1ccc2ccccc2c1)S(=O)(=O)c1cccc(-c2cccc(/C=C/C(=O)O)c2)c1. The molecule has 0 amide bonds. The summed E-state index contributed by atoms with van der Waals surface area (Å²) >= 11 is 0. The van der Waals surface area contributed by atoms with Crippen LogP contribution in [0.4, 0.5) is 0 Å². The molecule has 0 aliphatic carbocycles. The molecular formula is C33H36N2O5S. The summed E-state index contributed by atoms with van der Waals surface area (Å²) in [5, 5.41) is 25.4. The molecule has 0 aliphatic heterocycles. The number of aliphatic carboxylic acids is 1. The molecule has 0 radical (unpaired) electrons. The van der Waals surface area contributed by atoms with E-state index in [1.54, 1.807) is 36.4 Å². The van der Waals surface area contributed by atoms with Gasteiger partial charge >= 0.3 is 5.97 Å². The van der Waals surface area contributed by atoms with Gasteiger partial charge in [-0.05, 0) is 77.6 Å². The van der Waals surface area contributed by atoms with Crippen molar-refractivity contribution in [2.24, 2.45) is 0 Å². The molecule has 0 aromatic heterocycles. The van der Waals surface area contributed by atoms with Crippen LogP contribution in [-0.4, -0.2) is 60.7 Å². The van der Waals surface area contributed by atoms with Gasteiger partial charge < -0.3 is 15.5 Å². The number of aliphatic hydroxyl groups is 1. The van der Waals surface area contributed by atoms with Crippen molar-refractivity contribution in [3.63, 3.8) is 0 Å². The highest BCUT2D eigenvalue weighted by Crippen LogP contribution is 2.25. The summed E-state index contributed by atoms with van der Waals surface area (Å²) in [5.41, 5.74) is 3.00. The van der Waals surface area contributed by atoms with Crippen LogP contribution in [-0.2, 0) is 21.2 Å². The van der Waals surface area contributed by atoms with Crippen LogP contribution in [0.5, 0.6) is 0 Å². The molecule has 0 aliphatic rings. The van der Waals surface area contributed by atoms with Crippen LogP contribution >= 0.6 is 0 Å². The van der Waals surface area contributed by atoms with Crippen LogP contribution in [0, 0.1) is 0 Å². The third kappa shape index (κ3) is 8.11. The Labute approximate surface area is 241 Å². The molecule has 0 fully saturated rings. The topological polar surface area (TPSA) is 107 Å². The predicted molar refractivity (Wildman–Crippen MR) is 164 cm³/mol. The van der Waals surface area contributed by atoms with Crippen LogP contribution in [0.25, 0.3) is 28.0 Å². The number of benzene rings is 4. The zero-order valence-electron chi connectivity index (χ0n) is 23.5. The molecule has 0 heterocycles. The van der Waals surface area contributed by atoms with E-state index in [-0.39, 0.29) is 23.5 Å². The fraction of sp³-hybridized carbons (Fsp3) is 0.242. The van der Waals surface area contributed by atoms with Gasteiger partial charge in [0.15, 0.2) is 0 Å². The summed E-state index contributed by atoms with van der Waals surface area (Å²) in [4.78, 5) is 11.0. The number of β-amino-alcohol motifs (C(OH)–C–C–N with tert-alkyl or cyclic N) is 1. The number of rotatable bonds is 12. The number of carboxylic acid groups (broad SMARTS) is 1. The monoisotopic (exact) mass is 572 g/mol. The van der Waals surface area contributed by atoms with Crippen LogP contribution in [0.1, 0.15) is 25.0 Å². The number of nitrogens with zero attached hydrogens (tertiary/aromatic N) is 1. The van der Waals surface area contributed by atoms with Gasteiger partial charge in [0.05, 0.1) is 11.0 Å². The zero-order chi connectivity index (χ0) is 29.6. The molecule has 0 saturated carbocycles. The lowest BCUT2D eigenvalue weighted by Crippen LogP contribution is -2.47. The molecule has 0 bridgehead atoms. The van der Waals surface area contributed by atoms with E-state index in [0.29, 0.717) is 11.1 Å². The lowest BCUT2D eigenvalue weighted by atomic mass is 9.93. The molecule has 3 N–H and O–H groups in total. The molecule has 4 aromatic rings. The van der Waals surface area contributed by atoms with Crippen molar-refractivity contribution in [2.45, 2.75) is 36.8 Å². The number of nitrogens with one attached hydrogen (secondary N) is 1. The smallest absolute Gasteiger partial charge is 0.328 e. The predicted octanol–water partition coefficient (Wildman–Crippen LogP) is 5.20. The quantitative estimate of drug-likeness (QED) is 0.202. The Morgan fingerprint density at radius 2 is 1.61 bits per heavy atom. The van der Waals surface area contributed by atoms with E-state index < -0.39 is 22.1 Å². The minimum absolute atomic E-state index is 0.0684. The van der Waals surface area contributed by atoms with Gasteiger partial charge in [-0.15, -0.1) is 0 Å². The highest BCUT2D eigenvalue weighted by Gasteiger charge is 2.25. The average Bonchev–Trinajstić information content (AvgIpc) is 2.95. The maximum atomic E-state index is 13.4. The fourth-order valence-electron chi connectivity index (χ4n) is 4.78. The van der Waals surface area contributed by atoms with E-state index in [0.717, 1.165) is 18.1 Å². The lowest BCUT2D eigenvalue weighted by Gasteiger charge is -2.29. The first-order valence-electron chi connectivity index (χ1n) is 13.4. The van der Waals surface area contributed by atoms with E-state index >= 15 is 0 Å². The van der Waals surface area contributed by atoms with Gasteiger partial charge in [-0.3, -0.25) is 0 Å². The summed E-state index contributed by atoms with van der Waals surface area (Å²) in [6, 6.07) is 28.4. The molecule has 7 nitrogen and oxygen atoms in total. The van der Waals surface area contributed by atoms with Crippen molar-refractivity contribution in [1.82, 2.24) is 9.62 Å². The second-order valence-electron chi connectivity index (χ2n) is 10.9. The van der Waals surface area contributed by atoms with E-state index in [9.17, 15) is 18.3 Å². The minimum atomic E-state index is -3.87.